The summed E-state index contributed by atoms with van der Waals surface area (Å²) in [6.45, 7) is 0. The third kappa shape index (κ3) is 2.48. The van der Waals surface area contributed by atoms with Crippen molar-refractivity contribution in [1.82, 2.24) is 0 Å². The largest absolute Gasteiger partial charge is 0.219 e. The predicted molar refractivity (Wildman–Crippen MR) is 76.2 cm³/mol. The number of allylic oxidation sites excluding steroid dienone is 1. The SMILES string of the molecule is O=S1(=O)C(CC2CCCCCC2)=Cc2cc[c]cc21. The molecule has 1 aromatic rings. The van der Waals surface area contributed by atoms with Crippen LogP contribution in [0.1, 0.15) is 50.5 Å². The van der Waals surface area contributed by atoms with Crippen LogP contribution in [0, 0.1) is 12.0 Å². The first kappa shape index (κ1) is 12.9. The average molecular weight is 275 g/mol. The highest BCUT2D eigenvalue weighted by atomic mass is 32.2. The van der Waals surface area contributed by atoms with E-state index < -0.39 is 9.84 Å². The van der Waals surface area contributed by atoms with Gasteiger partial charge in [0.05, 0.1) is 9.80 Å². The Labute approximate surface area is 115 Å². The fraction of sp³-hybridized carbons (Fsp3) is 0.500. The first-order valence-electron chi connectivity index (χ1n) is 7.14. The molecule has 3 heteroatoms. The lowest BCUT2D eigenvalue weighted by molar-refractivity contribution is 0.461. The molecule has 1 aliphatic heterocycles. The van der Waals surface area contributed by atoms with E-state index in [2.05, 4.69) is 6.07 Å². The lowest BCUT2D eigenvalue weighted by atomic mass is 9.96. The van der Waals surface area contributed by atoms with E-state index in [1.165, 1.54) is 38.5 Å². The van der Waals surface area contributed by atoms with Gasteiger partial charge in [-0.15, -0.1) is 0 Å². The molecule has 1 fully saturated rings. The zero-order valence-electron chi connectivity index (χ0n) is 11.1. The van der Waals surface area contributed by atoms with Crippen LogP contribution in [0.2, 0.25) is 0 Å². The van der Waals surface area contributed by atoms with Crippen molar-refractivity contribution in [2.75, 3.05) is 0 Å². The molecule has 1 heterocycles. The highest BCUT2D eigenvalue weighted by Crippen LogP contribution is 2.38. The van der Waals surface area contributed by atoms with Gasteiger partial charge in [-0.05, 0) is 36.1 Å². The minimum Gasteiger partial charge on any atom is -0.219 e. The molecule has 0 N–H and O–H groups in total. The summed E-state index contributed by atoms with van der Waals surface area (Å²) in [4.78, 5) is 1.06. The van der Waals surface area contributed by atoms with E-state index in [0.29, 0.717) is 15.7 Å². The van der Waals surface area contributed by atoms with Gasteiger partial charge in [-0.3, -0.25) is 0 Å². The standard InChI is InChI=1S/C16H19O2S/c17-19(18)15(11-13-7-3-1-2-4-8-13)12-14-9-5-6-10-16(14)19/h5,9-10,12-13H,1-4,7-8,11H2. The molecule has 101 valence electrons. The summed E-state index contributed by atoms with van der Waals surface area (Å²) in [5.41, 5.74) is 0.836. The summed E-state index contributed by atoms with van der Waals surface area (Å²) in [6.07, 6.45) is 10.0. The van der Waals surface area contributed by atoms with Crippen LogP contribution in [0.4, 0.5) is 0 Å². The van der Waals surface area contributed by atoms with Gasteiger partial charge < -0.3 is 0 Å². The Morgan fingerprint density at radius 1 is 1.16 bits per heavy atom. The first-order valence-corrected chi connectivity index (χ1v) is 8.62. The third-order valence-corrected chi connectivity index (χ3v) is 6.18. The van der Waals surface area contributed by atoms with Gasteiger partial charge in [-0.2, -0.15) is 0 Å². The van der Waals surface area contributed by atoms with Gasteiger partial charge in [-0.1, -0.05) is 50.7 Å². The van der Waals surface area contributed by atoms with Crippen molar-refractivity contribution in [2.45, 2.75) is 49.8 Å². The molecule has 3 rings (SSSR count). The summed E-state index contributed by atoms with van der Waals surface area (Å²) < 4.78 is 24.9. The first-order chi connectivity index (χ1) is 9.18. The summed E-state index contributed by atoms with van der Waals surface area (Å²) in [6, 6.07) is 8.09. The van der Waals surface area contributed by atoms with E-state index in [0.717, 1.165) is 12.0 Å². The molecule has 1 saturated carbocycles. The van der Waals surface area contributed by atoms with Crippen LogP contribution in [0.25, 0.3) is 6.08 Å². The second kappa shape index (κ2) is 5.12. The molecular weight excluding hydrogens is 256 g/mol. The maximum absolute atomic E-state index is 12.5. The lowest BCUT2D eigenvalue weighted by Gasteiger charge is -2.14. The predicted octanol–water partition coefficient (Wildman–Crippen LogP) is 3.98. The van der Waals surface area contributed by atoms with Crippen LogP contribution in [0.3, 0.4) is 0 Å². The Kier molecular flexibility index (Phi) is 3.48. The molecular formula is C16H19O2S. The van der Waals surface area contributed by atoms with Crippen molar-refractivity contribution in [2.24, 2.45) is 5.92 Å². The van der Waals surface area contributed by atoms with Gasteiger partial charge in [0.25, 0.3) is 0 Å². The van der Waals surface area contributed by atoms with Crippen LogP contribution < -0.4 is 0 Å². The van der Waals surface area contributed by atoms with Crippen LogP contribution in [0.5, 0.6) is 0 Å². The van der Waals surface area contributed by atoms with Gasteiger partial charge in [0.1, 0.15) is 0 Å². The van der Waals surface area contributed by atoms with Crippen LogP contribution >= 0.6 is 0 Å². The number of fused-ring (bicyclic) bond motifs is 1. The van der Waals surface area contributed by atoms with Gasteiger partial charge in [0.15, 0.2) is 0 Å². The Morgan fingerprint density at radius 2 is 1.89 bits per heavy atom. The molecule has 0 amide bonds. The van der Waals surface area contributed by atoms with E-state index in [4.69, 9.17) is 0 Å². The average Bonchev–Trinajstić information content (AvgIpc) is 2.60. The zero-order chi connectivity index (χ0) is 13.3. The Balaban J connectivity index is 1.83. The van der Waals surface area contributed by atoms with E-state index in [1.807, 2.05) is 12.1 Å². The molecule has 1 aliphatic carbocycles. The van der Waals surface area contributed by atoms with Gasteiger partial charge >= 0.3 is 0 Å². The van der Waals surface area contributed by atoms with Gasteiger partial charge in [0, 0.05) is 0 Å². The topological polar surface area (TPSA) is 34.1 Å². The van der Waals surface area contributed by atoms with Crippen LogP contribution in [-0.4, -0.2) is 8.42 Å². The molecule has 1 radical (unpaired) electrons. The highest BCUT2D eigenvalue weighted by Gasteiger charge is 2.30. The third-order valence-electron chi connectivity index (χ3n) is 4.27. The van der Waals surface area contributed by atoms with Crippen molar-refractivity contribution in [3.05, 3.63) is 34.7 Å². The van der Waals surface area contributed by atoms with E-state index >= 15 is 0 Å². The Hall–Kier alpha value is -1.09. The molecule has 0 aromatic heterocycles. The zero-order valence-corrected chi connectivity index (χ0v) is 11.9. The molecule has 0 atom stereocenters. The summed E-state index contributed by atoms with van der Waals surface area (Å²) >= 11 is 0. The molecule has 0 bridgehead atoms. The molecule has 0 saturated heterocycles. The van der Waals surface area contributed by atoms with Crippen molar-refractivity contribution >= 4 is 15.9 Å². The smallest absolute Gasteiger partial charge is 0.203 e. The minimum atomic E-state index is -3.23. The minimum absolute atomic E-state index is 0.443. The van der Waals surface area contributed by atoms with Gasteiger partial charge in [0.2, 0.25) is 9.84 Å². The number of benzene rings is 1. The number of sulfone groups is 1. The fourth-order valence-electron chi connectivity index (χ4n) is 3.19. The summed E-state index contributed by atoms with van der Waals surface area (Å²) in [7, 11) is -3.23. The van der Waals surface area contributed by atoms with Crippen molar-refractivity contribution in [3.8, 4) is 0 Å². The molecule has 2 aliphatic rings. The Morgan fingerprint density at radius 3 is 2.58 bits per heavy atom. The molecule has 2 nitrogen and oxygen atoms in total. The van der Waals surface area contributed by atoms with E-state index in [9.17, 15) is 8.42 Å². The van der Waals surface area contributed by atoms with Crippen molar-refractivity contribution in [1.29, 1.82) is 0 Å². The fourth-order valence-corrected chi connectivity index (χ4v) is 4.87. The lowest BCUT2D eigenvalue weighted by Crippen LogP contribution is -2.06. The number of hydrogen-bond acceptors (Lipinski definition) is 2. The van der Waals surface area contributed by atoms with E-state index in [-0.39, 0.29) is 0 Å². The van der Waals surface area contributed by atoms with Crippen molar-refractivity contribution < 1.29 is 8.42 Å². The second-order valence-electron chi connectivity index (χ2n) is 5.64. The number of rotatable bonds is 2. The monoisotopic (exact) mass is 275 g/mol. The summed E-state index contributed by atoms with van der Waals surface area (Å²) in [5, 5.41) is 0. The quantitative estimate of drug-likeness (QED) is 0.765. The van der Waals surface area contributed by atoms with Crippen molar-refractivity contribution in [3.63, 3.8) is 0 Å². The molecule has 19 heavy (non-hydrogen) atoms. The molecule has 0 spiro atoms. The van der Waals surface area contributed by atoms with Crippen LogP contribution in [-0.2, 0) is 9.84 Å². The maximum atomic E-state index is 12.5. The van der Waals surface area contributed by atoms with E-state index in [1.54, 1.807) is 12.1 Å². The number of hydrogen-bond donors (Lipinski definition) is 0. The molecule has 0 unspecified atom stereocenters. The second-order valence-corrected chi connectivity index (χ2v) is 7.61. The molecule has 1 aromatic carbocycles. The van der Waals surface area contributed by atoms with Gasteiger partial charge in [-0.25, -0.2) is 8.42 Å². The Bertz CT molecular complexity index is 591. The van der Waals surface area contributed by atoms with Crippen LogP contribution in [0.15, 0.2) is 28.0 Å². The highest BCUT2D eigenvalue weighted by molar-refractivity contribution is 7.95. The maximum Gasteiger partial charge on any atom is 0.203 e. The summed E-state index contributed by atoms with van der Waals surface area (Å²) in [5.74, 6) is 0.543. The normalized spacial score (nSPS) is 22.6.